The first kappa shape index (κ1) is 18.8. The second-order valence-electron chi connectivity index (χ2n) is 5.69. The molecule has 0 aliphatic heterocycles. The fourth-order valence-electron chi connectivity index (χ4n) is 2.27. The summed E-state index contributed by atoms with van der Waals surface area (Å²) in [6.07, 6.45) is 1.11. The smallest absolute Gasteiger partial charge is 0.333 e. The van der Waals surface area contributed by atoms with Gasteiger partial charge in [-0.2, -0.15) is 5.10 Å². The van der Waals surface area contributed by atoms with Crippen molar-refractivity contribution in [2.24, 2.45) is 29.5 Å². The molecule has 0 amide bonds. The summed E-state index contributed by atoms with van der Waals surface area (Å²) >= 11 is 0. The van der Waals surface area contributed by atoms with E-state index in [-0.39, 0.29) is 17.0 Å². The van der Waals surface area contributed by atoms with Gasteiger partial charge >= 0.3 is 5.69 Å². The van der Waals surface area contributed by atoms with Gasteiger partial charge in [-0.25, -0.2) is 4.79 Å². The SMILES string of the molecule is C\C(=N/N=C(/C=N\O)c1ccc(C)cc1)c1c(O)n(C)c(=O)n(C)c1=O. The van der Waals surface area contributed by atoms with Crippen LogP contribution in [-0.4, -0.2) is 37.1 Å². The van der Waals surface area contributed by atoms with Crippen LogP contribution in [0, 0.1) is 6.92 Å². The van der Waals surface area contributed by atoms with Crippen molar-refractivity contribution in [1.82, 2.24) is 9.13 Å². The highest BCUT2D eigenvalue weighted by atomic mass is 16.4. The molecule has 0 unspecified atom stereocenters. The number of aromatic nitrogens is 2. The molecule has 0 spiro atoms. The van der Waals surface area contributed by atoms with Crippen LogP contribution in [0.15, 0.2) is 49.2 Å². The quantitative estimate of drug-likeness (QED) is 0.477. The lowest BCUT2D eigenvalue weighted by Crippen LogP contribution is -2.39. The zero-order valence-electron chi connectivity index (χ0n) is 14.8. The van der Waals surface area contributed by atoms with Gasteiger partial charge in [-0.05, 0) is 13.8 Å². The number of hydrogen-bond acceptors (Lipinski definition) is 7. The predicted molar refractivity (Wildman–Crippen MR) is 98.8 cm³/mol. The van der Waals surface area contributed by atoms with Crippen LogP contribution in [-0.2, 0) is 14.1 Å². The van der Waals surface area contributed by atoms with Gasteiger partial charge < -0.3 is 10.3 Å². The summed E-state index contributed by atoms with van der Waals surface area (Å²) in [6, 6.07) is 7.29. The van der Waals surface area contributed by atoms with Crippen molar-refractivity contribution < 1.29 is 10.3 Å². The first-order chi connectivity index (χ1) is 12.3. The van der Waals surface area contributed by atoms with Gasteiger partial charge in [0.25, 0.3) is 5.56 Å². The van der Waals surface area contributed by atoms with Gasteiger partial charge in [0.05, 0.1) is 11.9 Å². The average molecular weight is 357 g/mol. The number of hydrogen-bond donors (Lipinski definition) is 2. The van der Waals surface area contributed by atoms with Crippen molar-refractivity contribution in [2.45, 2.75) is 13.8 Å². The van der Waals surface area contributed by atoms with Crippen LogP contribution in [0.5, 0.6) is 5.88 Å². The lowest BCUT2D eigenvalue weighted by molar-refractivity contribution is 0.322. The van der Waals surface area contributed by atoms with Crippen LogP contribution >= 0.6 is 0 Å². The van der Waals surface area contributed by atoms with E-state index in [4.69, 9.17) is 5.21 Å². The van der Waals surface area contributed by atoms with E-state index in [0.29, 0.717) is 5.56 Å². The Hall–Kier alpha value is -3.49. The monoisotopic (exact) mass is 357 g/mol. The minimum absolute atomic E-state index is 0.106. The highest BCUT2D eigenvalue weighted by Gasteiger charge is 2.17. The van der Waals surface area contributed by atoms with E-state index in [1.165, 1.54) is 21.0 Å². The minimum Gasteiger partial charge on any atom is -0.494 e. The Morgan fingerprint density at radius 3 is 2.27 bits per heavy atom. The lowest BCUT2D eigenvalue weighted by Gasteiger charge is -2.09. The topological polar surface area (TPSA) is 122 Å². The van der Waals surface area contributed by atoms with E-state index in [0.717, 1.165) is 20.9 Å². The molecule has 0 saturated carbocycles. The normalized spacial score (nSPS) is 12.8. The first-order valence-electron chi connectivity index (χ1n) is 7.64. The summed E-state index contributed by atoms with van der Waals surface area (Å²) in [7, 11) is 2.65. The molecule has 0 bridgehead atoms. The Labute approximate surface area is 148 Å². The molecule has 0 aliphatic rings. The van der Waals surface area contributed by atoms with Crippen LogP contribution in [0.3, 0.4) is 0 Å². The molecule has 2 aromatic rings. The maximum absolute atomic E-state index is 12.3. The van der Waals surface area contributed by atoms with Gasteiger partial charge in [-0.1, -0.05) is 35.0 Å². The van der Waals surface area contributed by atoms with Crippen molar-refractivity contribution in [3.8, 4) is 5.88 Å². The Balaban J connectivity index is 2.58. The van der Waals surface area contributed by atoms with Crippen LogP contribution in [0.1, 0.15) is 23.6 Å². The molecule has 2 N–H and O–H groups in total. The maximum atomic E-state index is 12.3. The minimum atomic E-state index is -0.685. The zero-order valence-corrected chi connectivity index (χ0v) is 14.8. The van der Waals surface area contributed by atoms with Crippen molar-refractivity contribution in [1.29, 1.82) is 0 Å². The number of aryl methyl sites for hydroxylation is 1. The third-order valence-electron chi connectivity index (χ3n) is 3.83. The largest absolute Gasteiger partial charge is 0.494 e. The van der Waals surface area contributed by atoms with E-state index in [1.54, 1.807) is 12.1 Å². The molecule has 2 rings (SSSR count). The van der Waals surface area contributed by atoms with Crippen molar-refractivity contribution in [2.75, 3.05) is 0 Å². The molecule has 0 fully saturated rings. The summed E-state index contributed by atoms with van der Waals surface area (Å²) < 4.78 is 1.81. The van der Waals surface area contributed by atoms with Crippen LogP contribution in [0.2, 0.25) is 0 Å². The molecule has 1 heterocycles. The van der Waals surface area contributed by atoms with E-state index >= 15 is 0 Å². The number of rotatable bonds is 4. The summed E-state index contributed by atoms with van der Waals surface area (Å²) in [6.45, 7) is 3.41. The van der Waals surface area contributed by atoms with E-state index in [2.05, 4.69) is 15.4 Å². The second-order valence-corrected chi connectivity index (χ2v) is 5.69. The van der Waals surface area contributed by atoms with Gasteiger partial charge in [0.2, 0.25) is 5.88 Å². The summed E-state index contributed by atoms with van der Waals surface area (Å²) in [5.74, 6) is -0.498. The number of nitrogens with zero attached hydrogens (tertiary/aromatic N) is 5. The summed E-state index contributed by atoms with van der Waals surface area (Å²) in [5, 5.41) is 29.9. The zero-order chi connectivity index (χ0) is 19.4. The fourth-order valence-corrected chi connectivity index (χ4v) is 2.27. The van der Waals surface area contributed by atoms with Gasteiger partial charge in [0.1, 0.15) is 11.3 Å². The van der Waals surface area contributed by atoms with Gasteiger partial charge in [0, 0.05) is 19.7 Å². The molecule has 9 nitrogen and oxygen atoms in total. The molecule has 0 aliphatic carbocycles. The average Bonchev–Trinajstić information content (AvgIpc) is 2.62. The Morgan fingerprint density at radius 1 is 1.08 bits per heavy atom. The number of benzene rings is 1. The number of aromatic hydroxyl groups is 1. The highest BCUT2D eigenvalue weighted by molar-refractivity contribution is 6.38. The van der Waals surface area contributed by atoms with Gasteiger partial charge in [-0.15, -0.1) is 5.10 Å². The Bertz CT molecular complexity index is 1030. The maximum Gasteiger partial charge on any atom is 0.333 e. The molecular formula is C17H19N5O4. The van der Waals surface area contributed by atoms with E-state index < -0.39 is 17.1 Å². The third kappa shape index (κ3) is 3.61. The third-order valence-corrected chi connectivity index (χ3v) is 3.83. The van der Waals surface area contributed by atoms with Crippen LogP contribution in [0.25, 0.3) is 0 Å². The van der Waals surface area contributed by atoms with Crippen LogP contribution < -0.4 is 11.2 Å². The standard InChI is InChI=1S/C17H19N5O4/c1-10-5-7-12(8-6-10)13(9-18-26)20-19-11(2)14-15(23)21(3)17(25)22(4)16(14)24/h5-9,23,26H,1-4H3/b18-9-,19-11+,20-13-. The van der Waals surface area contributed by atoms with Crippen molar-refractivity contribution in [3.63, 3.8) is 0 Å². The molecule has 1 aromatic heterocycles. The fraction of sp³-hybridized carbons (Fsp3) is 0.235. The molecule has 1 aromatic carbocycles. The predicted octanol–water partition coefficient (Wildman–Crippen LogP) is 0.771. The molecule has 136 valence electrons. The molecular weight excluding hydrogens is 338 g/mol. The summed E-state index contributed by atoms with van der Waals surface area (Å²) in [4.78, 5) is 24.1. The summed E-state index contributed by atoms with van der Waals surface area (Å²) in [5.41, 5.74) is 0.593. The Kier molecular flexibility index (Phi) is 5.51. The van der Waals surface area contributed by atoms with E-state index in [9.17, 15) is 14.7 Å². The molecule has 26 heavy (non-hydrogen) atoms. The number of oxime groups is 1. The van der Waals surface area contributed by atoms with Gasteiger partial charge in [-0.3, -0.25) is 13.9 Å². The van der Waals surface area contributed by atoms with Crippen molar-refractivity contribution >= 4 is 17.6 Å². The van der Waals surface area contributed by atoms with Crippen LogP contribution in [0.4, 0.5) is 0 Å². The Morgan fingerprint density at radius 2 is 1.69 bits per heavy atom. The van der Waals surface area contributed by atoms with E-state index in [1.807, 2.05) is 19.1 Å². The lowest BCUT2D eigenvalue weighted by atomic mass is 10.1. The molecule has 9 heteroatoms. The molecule has 0 radical (unpaired) electrons. The molecule has 0 saturated heterocycles. The second kappa shape index (κ2) is 7.60. The molecule has 0 atom stereocenters. The van der Waals surface area contributed by atoms with Gasteiger partial charge in [0.15, 0.2) is 0 Å². The first-order valence-corrected chi connectivity index (χ1v) is 7.64. The highest BCUT2D eigenvalue weighted by Crippen LogP contribution is 2.11. The van der Waals surface area contributed by atoms with Crippen molar-refractivity contribution in [3.05, 3.63) is 61.8 Å².